The SMILES string of the molecule is CC(C)N1CCC(NC(=NCCc2ccco2)NCCc2ccccc2)CC1. The van der Waals surface area contributed by atoms with Gasteiger partial charge >= 0.3 is 0 Å². The molecular formula is C23H34N4O. The second kappa shape index (κ2) is 10.9. The van der Waals surface area contributed by atoms with Gasteiger partial charge in [0.2, 0.25) is 0 Å². The van der Waals surface area contributed by atoms with Gasteiger partial charge in [-0.25, -0.2) is 0 Å². The van der Waals surface area contributed by atoms with Crippen LogP contribution in [-0.2, 0) is 12.8 Å². The van der Waals surface area contributed by atoms with Crippen molar-refractivity contribution in [3.8, 4) is 0 Å². The molecule has 2 aromatic rings. The van der Waals surface area contributed by atoms with Crippen molar-refractivity contribution >= 4 is 5.96 Å². The number of likely N-dealkylation sites (tertiary alicyclic amines) is 1. The lowest BCUT2D eigenvalue weighted by Gasteiger charge is -2.35. The van der Waals surface area contributed by atoms with E-state index >= 15 is 0 Å². The highest BCUT2D eigenvalue weighted by Crippen LogP contribution is 2.13. The van der Waals surface area contributed by atoms with E-state index in [9.17, 15) is 0 Å². The standard InChI is InChI=1S/C23H34N4O/c1-19(2)27-16-12-21(13-17-27)26-23(25-15-11-22-9-6-18-28-22)24-14-10-20-7-4-3-5-8-20/h3-9,18-19,21H,10-17H2,1-2H3,(H2,24,25,26). The molecule has 0 amide bonds. The molecule has 1 aliphatic heterocycles. The van der Waals surface area contributed by atoms with Crippen LogP contribution < -0.4 is 10.6 Å². The molecule has 0 saturated carbocycles. The summed E-state index contributed by atoms with van der Waals surface area (Å²) < 4.78 is 5.42. The first-order valence-corrected chi connectivity index (χ1v) is 10.6. The maximum Gasteiger partial charge on any atom is 0.191 e. The van der Waals surface area contributed by atoms with Gasteiger partial charge in [0.05, 0.1) is 6.26 Å². The largest absolute Gasteiger partial charge is 0.469 e. The average molecular weight is 383 g/mol. The van der Waals surface area contributed by atoms with E-state index in [1.54, 1.807) is 6.26 Å². The zero-order valence-electron chi connectivity index (χ0n) is 17.2. The van der Waals surface area contributed by atoms with Crippen molar-refractivity contribution in [2.24, 2.45) is 4.99 Å². The molecule has 1 aromatic heterocycles. The zero-order chi connectivity index (χ0) is 19.6. The highest BCUT2D eigenvalue weighted by atomic mass is 16.3. The molecule has 2 heterocycles. The predicted octanol–water partition coefficient (Wildman–Crippen LogP) is 3.47. The number of nitrogens with one attached hydrogen (secondary N) is 2. The second-order valence-electron chi connectivity index (χ2n) is 7.77. The molecule has 5 nitrogen and oxygen atoms in total. The molecular weight excluding hydrogens is 348 g/mol. The Bertz CT molecular complexity index is 689. The van der Waals surface area contributed by atoms with E-state index in [1.807, 2.05) is 12.1 Å². The van der Waals surface area contributed by atoms with Crippen LogP contribution in [0.4, 0.5) is 0 Å². The van der Waals surface area contributed by atoms with Crippen molar-refractivity contribution in [1.29, 1.82) is 0 Å². The van der Waals surface area contributed by atoms with Crippen LogP contribution in [0.25, 0.3) is 0 Å². The van der Waals surface area contributed by atoms with Crippen molar-refractivity contribution < 1.29 is 4.42 Å². The fraction of sp³-hybridized carbons (Fsp3) is 0.522. The first-order valence-electron chi connectivity index (χ1n) is 10.6. The number of piperidine rings is 1. The molecule has 3 rings (SSSR count). The number of nitrogens with zero attached hydrogens (tertiary/aromatic N) is 2. The number of hydrogen-bond acceptors (Lipinski definition) is 3. The molecule has 2 N–H and O–H groups in total. The van der Waals surface area contributed by atoms with Crippen LogP contribution >= 0.6 is 0 Å². The first kappa shape index (κ1) is 20.5. The first-order chi connectivity index (χ1) is 13.7. The van der Waals surface area contributed by atoms with Crippen molar-refractivity contribution in [3.63, 3.8) is 0 Å². The summed E-state index contributed by atoms with van der Waals surface area (Å²) in [5.74, 6) is 1.91. The Morgan fingerprint density at radius 3 is 2.57 bits per heavy atom. The van der Waals surface area contributed by atoms with Crippen molar-refractivity contribution in [2.45, 2.75) is 51.6 Å². The molecule has 0 aliphatic carbocycles. The Hall–Kier alpha value is -2.27. The zero-order valence-corrected chi connectivity index (χ0v) is 17.2. The van der Waals surface area contributed by atoms with E-state index in [1.165, 1.54) is 5.56 Å². The molecule has 28 heavy (non-hydrogen) atoms. The minimum Gasteiger partial charge on any atom is -0.469 e. The Morgan fingerprint density at radius 1 is 1.11 bits per heavy atom. The Kier molecular flexibility index (Phi) is 7.97. The van der Waals surface area contributed by atoms with Crippen LogP contribution in [0.2, 0.25) is 0 Å². The van der Waals surface area contributed by atoms with Crippen molar-refractivity contribution in [3.05, 3.63) is 60.1 Å². The number of hydrogen-bond donors (Lipinski definition) is 2. The quantitative estimate of drug-likeness (QED) is 0.542. The van der Waals surface area contributed by atoms with Crippen molar-refractivity contribution in [1.82, 2.24) is 15.5 Å². The summed E-state index contributed by atoms with van der Waals surface area (Å²) in [5.41, 5.74) is 1.34. The molecule has 0 spiro atoms. The average Bonchev–Trinajstić information content (AvgIpc) is 3.22. The molecule has 0 bridgehead atoms. The third-order valence-corrected chi connectivity index (χ3v) is 5.36. The van der Waals surface area contributed by atoms with Crippen LogP contribution in [0.1, 0.15) is 38.0 Å². The smallest absolute Gasteiger partial charge is 0.191 e. The van der Waals surface area contributed by atoms with Gasteiger partial charge in [-0.05, 0) is 50.8 Å². The fourth-order valence-corrected chi connectivity index (χ4v) is 3.61. The van der Waals surface area contributed by atoms with Crippen LogP contribution in [0.3, 0.4) is 0 Å². The minimum atomic E-state index is 0.488. The van der Waals surface area contributed by atoms with Gasteiger partial charge < -0.3 is 20.0 Å². The highest BCUT2D eigenvalue weighted by molar-refractivity contribution is 5.80. The minimum absolute atomic E-state index is 0.488. The molecule has 1 aliphatic rings. The molecule has 152 valence electrons. The lowest BCUT2D eigenvalue weighted by atomic mass is 10.0. The monoisotopic (exact) mass is 382 g/mol. The van der Waals surface area contributed by atoms with E-state index < -0.39 is 0 Å². The lowest BCUT2D eigenvalue weighted by molar-refractivity contribution is 0.167. The van der Waals surface area contributed by atoms with E-state index in [-0.39, 0.29) is 0 Å². The maximum atomic E-state index is 5.42. The number of benzene rings is 1. The Balaban J connectivity index is 1.51. The summed E-state index contributed by atoms with van der Waals surface area (Å²) in [7, 11) is 0. The lowest BCUT2D eigenvalue weighted by Crippen LogP contribution is -2.50. The van der Waals surface area contributed by atoms with Crippen molar-refractivity contribution in [2.75, 3.05) is 26.2 Å². The van der Waals surface area contributed by atoms with Gasteiger partial charge in [-0.15, -0.1) is 0 Å². The number of aliphatic imine (C=N–C) groups is 1. The van der Waals surface area contributed by atoms with Crippen LogP contribution in [0.15, 0.2) is 58.1 Å². The Morgan fingerprint density at radius 2 is 1.89 bits per heavy atom. The topological polar surface area (TPSA) is 52.8 Å². The van der Waals surface area contributed by atoms with Gasteiger partial charge in [0.25, 0.3) is 0 Å². The summed E-state index contributed by atoms with van der Waals surface area (Å²) >= 11 is 0. The molecule has 5 heteroatoms. The van der Waals surface area contributed by atoms with E-state index in [4.69, 9.17) is 9.41 Å². The second-order valence-corrected chi connectivity index (χ2v) is 7.77. The van der Waals surface area contributed by atoms with Gasteiger partial charge in [-0.2, -0.15) is 0 Å². The molecule has 1 aromatic carbocycles. The van der Waals surface area contributed by atoms with Gasteiger partial charge in [-0.1, -0.05) is 30.3 Å². The van der Waals surface area contributed by atoms with Crippen LogP contribution in [0, 0.1) is 0 Å². The van der Waals surface area contributed by atoms with Gasteiger partial charge in [0.15, 0.2) is 5.96 Å². The maximum absolute atomic E-state index is 5.42. The van der Waals surface area contributed by atoms with Gasteiger partial charge in [0, 0.05) is 44.7 Å². The summed E-state index contributed by atoms with van der Waals surface area (Å²) in [6.45, 7) is 8.46. The third kappa shape index (κ3) is 6.71. The molecule has 1 saturated heterocycles. The Labute approximate surface area is 169 Å². The van der Waals surface area contributed by atoms with Gasteiger partial charge in [-0.3, -0.25) is 4.99 Å². The summed E-state index contributed by atoms with van der Waals surface area (Å²) in [5, 5.41) is 7.19. The molecule has 0 atom stereocenters. The van der Waals surface area contributed by atoms with Crippen LogP contribution in [-0.4, -0.2) is 49.1 Å². The number of guanidine groups is 1. The van der Waals surface area contributed by atoms with Gasteiger partial charge in [0.1, 0.15) is 5.76 Å². The summed E-state index contributed by atoms with van der Waals surface area (Å²) in [6.07, 6.45) is 5.86. The van der Waals surface area contributed by atoms with E-state index in [0.29, 0.717) is 12.1 Å². The van der Waals surface area contributed by atoms with E-state index in [0.717, 1.165) is 63.6 Å². The summed E-state index contributed by atoms with van der Waals surface area (Å²) in [4.78, 5) is 7.35. The highest BCUT2D eigenvalue weighted by Gasteiger charge is 2.21. The summed E-state index contributed by atoms with van der Waals surface area (Å²) in [6, 6.07) is 15.6. The molecule has 0 radical (unpaired) electrons. The molecule has 0 unspecified atom stereocenters. The van der Waals surface area contributed by atoms with Crippen LogP contribution in [0.5, 0.6) is 0 Å². The predicted molar refractivity (Wildman–Crippen MR) is 116 cm³/mol. The molecule has 1 fully saturated rings. The van der Waals surface area contributed by atoms with E-state index in [2.05, 4.69) is 59.7 Å². The number of furan rings is 1. The fourth-order valence-electron chi connectivity index (χ4n) is 3.61. The normalized spacial score (nSPS) is 16.5. The third-order valence-electron chi connectivity index (χ3n) is 5.36. The number of rotatable bonds is 8.